The van der Waals surface area contributed by atoms with Crippen LogP contribution < -0.4 is 4.90 Å². The van der Waals surface area contributed by atoms with Crippen LogP contribution in [0.2, 0.25) is 0 Å². The van der Waals surface area contributed by atoms with Crippen molar-refractivity contribution in [1.29, 1.82) is 0 Å². The molecule has 1 aliphatic rings. The molecule has 0 saturated carbocycles. The van der Waals surface area contributed by atoms with Gasteiger partial charge in [0.2, 0.25) is 0 Å². The molecule has 1 heterocycles. The molecule has 3 rings (SSSR count). The first-order valence-corrected chi connectivity index (χ1v) is 8.45. The molecular weight excluding hydrogens is 316 g/mol. The van der Waals surface area contributed by atoms with Crippen molar-refractivity contribution >= 4 is 17.7 Å². The highest BCUT2D eigenvalue weighted by atomic mass is 16.4. The molecular formula is C20H22N2O3. The summed E-state index contributed by atoms with van der Waals surface area (Å²) in [5, 5.41) is 9.63. The number of hydrogen-bond acceptors (Lipinski definition) is 2. The Balaban J connectivity index is 2.06. The van der Waals surface area contributed by atoms with Crippen LogP contribution in [-0.2, 0) is 4.79 Å². The predicted octanol–water partition coefficient (Wildman–Crippen LogP) is 3.88. The summed E-state index contributed by atoms with van der Waals surface area (Å²) >= 11 is 0. The SMILES string of the molecule is CC(C)c1ccccc1C1C(=O)N(c2ccccc2)CCN1C(=O)O. The van der Waals surface area contributed by atoms with E-state index < -0.39 is 12.1 Å². The summed E-state index contributed by atoms with van der Waals surface area (Å²) in [6.07, 6.45) is -1.07. The topological polar surface area (TPSA) is 60.9 Å². The minimum atomic E-state index is -1.07. The van der Waals surface area contributed by atoms with E-state index in [0.717, 1.165) is 16.8 Å². The summed E-state index contributed by atoms with van der Waals surface area (Å²) in [6, 6.07) is 16.2. The summed E-state index contributed by atoms with van der Waals surface area (Å²) in [6.45, 7) is 4.74. The van der Waals surface area contributed by atoms with Gasteiger partial charge in [0.15, 0.2) is 0 Å². The zero-order chi connectivity index (χ0) is 18.0. The third kappa shape index (κ3) is 3.22. The van der Waals surface area contributed by atoms with Crippen molar-refractivity contribution in [3.63, 3.8) is 0 Å². The number of carboxylic acid groups (broad SMARTS) is 1. The molecule has 1 unspecified atom stereocenters. The standard InChI is InChI=1S/C20H22N2O3/c1-14(2)16-10-6-7-11-17(16)18-19(23)21(12-13-22(18)20(24)25)15-8-4-3-5-9-15/h3-11,14,18H,12-13H2,1-2H3,(H,24,25). The zero-order valence-electron chi connectivity index (χ0n) is 14.4. The molecule has 0 aliphatic carbocycles. The number of nitrogens with zero attached hydrogens (tertiary/aromatic N) is 2. The van der Waals surface area contributed by atoms with Gasteiger partial charge in [-0.25, -0.2) is 4.79 Å². The average molecular weight is 338 g/mol. The molecule has 1 N–H and O–H groups in total. The van der Waals surface area contributed by atoms with Crippen LogP contribution in [0.1, 0.15) is 36.9 Å². The van der Waals surface area contributed by atoms with Gasteiger partial charge in [-0.05, 0) is 29.2 Å². The Morgan fingerprint density at radius 2 is 1.68 bits per heavy atom. The van der Waals surface area contributed by atoms with E-state index in [9.17, 15) is 14.7 Å². The van der Waals surface area contributed by atoms with E-state index in [4.69, 9.17) is 0 Å². The smallest absolute Gasteiger partial charge is 0.408 e. The van der Waals surface area contributed by atoms with Gasteiger partial charge in [-0.2, -0.15) is 0 Å². The van der Waals surface area contributed by atoms with E-state index in [1.165, 1.54) is 4.90 Å². The third-order valence-electron chi connectivity index (χ3n) is 4.60. The molecule has 1 aliphatic heterocycles. The van der Waals surface area contributed by atoms with E-state index in [1.807, 2.05) is 68.4 Å². The van der Waals surface area contributed by atoms with Crippen molar-refractivity contribution in [2.45, 2.75) is 25.8 Å². The number of piperazine rings is 1. The van der Waals surface area contributed by atoms with E-state index in [0.29, 0.717) is 6.54 Å². The van der Waals surface area contributed by atoms with Crippen molar-refractivity contribution < 1.29 is 14.7 Å². The first-order chi connectivity index (χ1) is 12.0. The number of carbonyl (C=O) groups excluding carboxylic acids is 1. The van der Waals surface area contributed by atoms with Crippen LogP contribution in [-0.4, -0.2) is 35.1 Å². The van der Waals surface area contributed by atoms with Gasteiger partial charge >= 0.3 is 6.09 Å². The summed E-state index contributed by atoms with van der Waals surface area (Å²) in [7, 11) is 0. The maximum absolute atomic E-state index is 13.2. The fourth-order valence-corrected chi connectivity index (χ4v) is 3.38. The predicted molar refractivity (Wildman–Crippen MR) is 96.8 cm³/mol. The van der Waals surface area contributed by atoms with Crippen LogP contribution in [0, 0.1) is 0 Å². The lowest BCUT2D eigenvalue weighted by atomic mass is 9.90. The number of anilines is 1. The largest absolute Gasteiger partial charge is 0.465 e. The molecule has 25 heavy (non-hydrogen) atoms. The second kappa shape index (κ2) is 6.97. The fourth-order valence-electron chi connectivity index (χ4n) is 3.38. The molecule has 0 bridgehead atoms. The number of hydrogen-bond donors (Lipinski definition) is 1. The summed E-state index contributed by atoms with van der Waals surface area (Å²) in [5.74, 6) is -0.000281. The molecule has 1 atom stereocenters. The molecule has 2 aromatic rings. The van der Waals surface area contributed by atoms with Gasteiger partial charge in [0, 0.05) is 18.8 Å². The maximum atomic E-state index is 13.2. The Morgan fingerprint density at radius 3 is 2.32 bits per heavy atom. The number of rotatable bonds is 3. The van der Waals surface area contributed by atoms with Crippen molar-refractivity contribution in [3.8, 4) is 0 Å². The third-order valence-corrected chi connectivity index (χ3v) is 4.60. The summed E-state index contributed by atoms with van der Waals surface area (Å²) in [4.78, 5) is 27.9. The minimum absolute atomic E-state index is 0.201. The van der Waals surface area contributed by atoms with Crippen LogP contribution in [0.3, 0.4) is 0 Å². The molecule has 2 aromatic carbocycles. The highest BCUT2D eigenvalue weighted by Gasteiger charge is 2.40. The van der Waals surface area contributed by atoms with Crippen molar-refractivity contribution in [1.82, 2.24) is 4.90 Å². The average Bonchev–Trinajstić information content (AvgIpc) is 2.62. The molecule has 0 aromatic heterocycles. The Labute approximate surface area is 147 Å². The Kier molecular flexibility index (Phi) is 4.74. The number of para-hydroxylation sites is 1. The second-order valence-corrected chi connectivity index (χ2v) is 6.49. The molecule has 1 fully saturated rings. The lowest BCUT2D eigenvalue weighted by Gasteiger charge is -2.40. The Morgan fingerprint density at radius 1 is 1.04 bits per heavy atom. The molecule has 0 spiro atoms. The van der Waals surface area contributed by atoms with Gasteiger partial charge in [0.05, 0.1) is 0 Å². The van der Waals surface area contributed by atoms with E-state index in [2.05, 4.69) is 0 Å². The van der Waals surface area contributed by atoms with E-state index in [-0.39, 0.29) is 18.4 Å². The maximum Gasteiger partial charge on any atom is 0.408 e. The molecule has 5 nitrogen and oxygen atoms in total. The van der Waals surface area contributed by atoms with E-state index in [1.54, 1.807) is 4.90 Å². The first kappa shape index (κ1) is 17.0. The van der Waals surface area contributed by atoms with Crippen LogP contribution in [0.4, 0.5) is 10.5 Å². The Hall–Kier alpha value is -2.82. The zero-order valence-corrected chi connectivity index (χ0v) is 14.4. The van der Waals surface area contributed by atoms with Gasteiger partial charge < -0.3 is 10.0 Å². The Bertz CT molecular complexity index is 774. The number of carbonyl (C=O) groups is 2. The van der Waals surface area contributed by atoms with Gasteiger partial charge in [-0.1, -0.05) is 56.3 Å². The van der Waals surface area contributed by atoms with Crippen LogP contribution in [0.25, 0.3) is 0 Å². The van der Waals surface area contributed by atoms with Crippen LogP contribution in [0.15, 0.2) is 54.6 Å². The molecule has 1 saturated heterocycles. The monoisotopic (exact) mass is 338 g/mol. The quantitative estimate of drug-likeness (QED) is 0.924. The van der Waals surface area contributed by atoms with E-state index >= 15 is 0 Å². The first-order valence-electron chi connectivity index (χ1n) is 8.45. The van der Waals surface area contributed by atoms with Crippen LogP contribution >= 0.6 is 0 Å². The van der Waals surface area contributed by atoms with Gasteiger partial charge in [-0.15, -0.1) is 0 Å². The van der Waals surface area contributed by atoms with Gasteiger partial charge in [-0.3, -0.25) is 9.69 Å². The minimum Gasteiger partial charge on any atom is -0.465 e. The van der Waals surface area contributed by atoms with Crippen molar-refractivity contribution in [3.05, 3.63) is 65.7 Å². The highest BCUT2D eigenvalue weighted by molar-refractivity contribution is 6.00. The lowest BCUT2D eigenvalue weighted by Crippen LogP contribution is -2.54. The van der Waals surface area contributed by atoms with Crippen LogP contribution in [0.5, 0.6) is 0 Å². The normalized spacial score (nSPS) is 17.9. The van der Waals surface area contributed by atoms with Crippen molar-refractivity contribution in [2.24, 2.45) is 0 Å². The van der Waals surface area contributed by atoms with Gasteiger partial charge in [0.25, 0.3) is 5.91 Å². The number of benzene rings is 2. The lowest BCUT2D eigenvalue weighted by molar-refractivity contribution is -0.125. The molecule has 130 valence electrons. The second-order valence-electron chi connectivity index (χ2n) is 6.49. The summed E-state index contributed by atoms with van der Waals surface area (Å²) in [5.41, 5.74) is 2.57. The molecule has 5 heteroatoms. The van der Waals surface area contributed by atoms with Gasteiger partial charge in [0.1, 0.15) is 6.04 Å². The summed E-state index contributed by atoms with van der Waals surface area (Å²) < 4.78 is 0. The highest BCUT2D eigenvalue weighted by Crippen LogP contribution is 2.34. The fraction of sp³-hybridized carbons (Fsp3) is 0.300. The molecule has 2 amide bonds. The van der Waals surface area contributed by atoms with Crippen molar-refractivity contribution in [2.75, 3.05) is 18.0 Å². The number of amides is 2. The molecule has 0 radical (unpaired) electrons.